The van der Waals surface area contributed by atoms with E-state index in [-0.39, 0.29) is 0 Å². The Kier molecular flexibility index (Phi) is 7.54. The predicted molar refractivity (Wildman–Crippen MR) is 51.4 cm³/mol. The fourth-order valence-electron chi connectivity index (χ4n) is 1.38. The summed E-state index contributed by atoms with van der Waals surface area (Å²) in [4.78, 5) is 0. The molecule has 0 N–H and O–H groups in total. The van der Waals surface area contributed by atoms with Gasteiger partial charge in [-0.2, -0.15) is 74.6 Å². The summed E-state index contributed by atoms with van der Waals surface area (Å²) in [5.74, 6) is -25.2. The van der Waals surface area contributed by atoms with Gasteiger partial charge in [0.1, 0.15) is 0 Å². The highest BCUT2D eigenvalue weighted by atomic mass is 19.6. The SMILES string of the molecule is FC(F)(F)C(F)(F)C(F)(F)OC(F)(C(F)(F)F)C(F)(F)OC(F)(C(F)(F)F)C(F)(F)[N+](F)(F)F. The topological polar surface area (TPSA) is 18.5 Å². The highest BCUT2D eigenvalue weighted by molar-refractivity contribution is 4.96. The largest absolute Gasteiger partial charge is 0.574 e. The minimum atomic E-state index is -8.63. The Balaban J connectivity index is 7.01. The third kappa shape index (κ3) is 4.86. The lowest BCUT2D eigenvalue weighted by molar-refractivity contribution is -1.32. The molecule has 0 rings (SSSR count). The molecule has 0 aliphatic rings. The molecule has 34 heavy (non-hydrogen) atoms. The molecule has 0 saturated carbocycles. The zero-order valence-electron chi connectivity index (χ0n) is 14.1. The van der Waals surface area contributed by atoms with Crippen molar-refractivity contribution >= 4 is 0 Å². The lowest BCUT2D eigenvalue weighted by Gasteiger charge is -2.40. The van der Waals surface area contributed by atoms with E-state index in [9.17, 15) is 96.9 Å². The summed E-state index contributed by atoms with van der Waals surface area (Å²) in [6.07, 6.45) is -41.3. The Bertz CT molecular complexity index is 729. The van der Waals surface area contributed by atoms with Crippen LogP contribution in [0.2, 0.25) is 0 Å². The second-order valence-corrected chi connectivity index (χ2v) is 5.48. The summed E-state index contributed by atoms with van der Waals surface area (Å²) in [6.45, 7) is 0. The molecular formula is C9F22NO2+. The molecule has 0 saturated heterocycles. The van der Waals surface area contributed by atoms with Gasteiger partial charge in [0.2, 0.25) is 0 Å². The van der Waals surface area contributed by atoms with Crippen molar-refractivity contribution in [3.8, 4) is 0 Å². The maximum Gasteiger partial charge on any atom is 0.574 e. The number of hydrogen-bond donors (Lipinski definition) is 0. The van der Waals surface area contributed by atoms with Gasteiger partial charge in [0.05, 0.1) is 13.4 Å². The summed E-state index contributed by atoms with van der Waals surface area (Å²) in [5, 5.41) is -7.28. The lowest BCUT2D eigenvalue weighted by atomic mass is 10.2. The van der Waals surface area contributed by atoms with Gasteiger partial charge < -0.3 is 0 Å². The standard InChI is InChI=1S/C9F22NO2/c10-1(11,4(14,15)16)8(25,26)34-3(13,6(20,21)22)9(27,28)33-2(12,5(17,18)19)7(23,24)32(29,30)31/q+1. The van der Waals surface area contributed by atoms with E-state index in [0.717, 1.165) is 9.47 Å². The summed E-state index contributed by atoms with van der Waals surface area (Å²) in [5.41, 5.74) is 0. The highest BCUT2D eigenvalue weighted by Crippen LogP contribution is 2.59. The van der Waals surface area contributed by atoms with Crippen molar-refractivity contribution < 1.29 is 111 Å². The molecule has 0 aliphatic heterocycles. The monoisotopic (exact) mass is 572 g/mol. The Morgan fingerprint density at radius 1 is 0.382 bits per heavy atom. The van der Waals surface area contributed by atoms with E-state index in [1.165, 1.54) is 0 Å². The Morgan fingerprint density at radius 3 is 0.912 bits per heavy atom. The van der Waals surface area contributed by atoms with Crippen LogP contribution >= 0.6 is 0 Å². The predicted octanol–water partition coefficient (Wildman–Crippen LogP) is 6.92. The molecular weight excluding hydrogens is 572 g/mol. The highest BCUT2D eigenvalue weighted by Gasteiger charge is 2.93. The van der Waals surface area contributed by atoms with E-state index in [2.05, 4.69) is 0 Å². The first-order valence-corrected chi connectivity index (χ1v) is 6.64. The van der Waals surface area contributed by atoms with E-state index in [1.54, 1.807) is 0 Å². The van der Waals surface area contributed by atoms with Crippen molar-refractivity contribution in [2.75, 3.05) is 0 Å². The van der Waals surface area contributed by atoms with Crippen molar-refractivity contribution in [1.82, 2.24) is 0 Å². The van der Waals surface area contributed by atoms with Crippen molar-refractivity contribution in [2.45, 2.75) is 54.4 Å². The molecule has 0 radical (unpaired) electrons. The van der Waals surface area contributed by atoms with Gasteiger partial charge in [-0.05, 0) is 0 Å². The molecule has 25 heteroatoms. The van der Waals surface area contributed by atoms with Crippen molar-refractivity contribution in [3.63, 3.8) is 0 Å². The molecule has 0 fully saturated rings. The zero-order chi connectivity index (χ0) is 28.4. The van der Waals surface area contributed by atoms with Gasteiger partial charge >= 0.3 is 59.6 Å². The minimum absolute atomic E-state index is 0.927. The number of ether oxygens (including phenoxy) is 2. The molecule has 0 aromatic rings. The third-order valence-electron chi connectivity index (χ3n) is 3.07. The first kappa shape index (κ1) is 32.3. The van der Waals surface area contributed by atoms with Crippen LogP contribution in [0.1, 0.15) is 0 Å². The van der Waals surface area contributed by atoms with Crippen molar-refractivity contribution in [2.24, 2.45) is 0 Å². The number of nitrogens with zero attached hydrogens (tertiary/aromatic N) is 1. The van der Waals surface area contributed by atoms with Crippen LogP contribution in [0.4, 0.5) is 96.9 Å². The fraction of sp³-hybridized carbons (Fsp3) is 1.00. The quantitative estimate of drug-likeness (QED) is 0.179. The second-order valence-electron chi connectivity index (χ2n) is 5.48. The third-order valence-corrected chi connectivity index (χ3v) is 3.07. The molecule has 2 unspecified atom stereocenters. The maximum atomic E-state index is 13.6. The van der Waals surface area contributed by atoms with E-state index < -0.39 is 59.6 Å². The molecule has 0 aromatic carbocycles. The molecule has 206 valence electrons. The first-order valence-electron chi connectivity index (χ1n) is 6.64. The van der Waals surface area contributed by atoms with E-state index in [4.69, 9.17) is 0 Å². The van der Waals surface area contributed by atoms with Crippen LogP contribution in [0.15, 0.2) is 0 Å². The van der Waals surface area contributed by atoms with Gasteiger partial charge in [-0.1, -0.05) is 0 Å². The number of halogens is 22. The molecule has 0 heterocycles. The van der Waals surface area contributed by atoms with Gasteiger partial charge in [-0.25, -0.2) is 0 Å². The molecule has 2 atom stereocenters. The number of quaternary nitrogens is 1. The van der Waals surface area contributed by atoms with E-state index >= 15 is 0 Å². The van der Waals surface area contributed by atoms with Crippen molar-refractivity contribution in [3.05, 3.63) is 0 Å². The molecule has 0 bridgehead atoms. The Morgan fingerprint density at radius 2 is 0.676 bits per heavy atom. The van der Waals surface area contributed by atoms with Gasteiger partial charge in [0.15, 0.2) is 0 Å². The second kappa shape index (κ2) is 7.92. The Hall–Kier alpha value is -1.66. The lowest BCUT2D eigenvalue weighted by Crippen LogP contribution is -2.71. The number of alkyl halides is 19. The average Bonchev–Trinajstić information content (AvgIpc) is 2.48. The fourth-order valence-corrected chi connectivity index (χ4v) is 1.38. The van der Waals surface area contributed by atoms with Gasteiger partial charge in [-0.3, -0.25) is 9.47 Å². The van der Waals surface area contributed by atoms with Crippen LogP contribution in [0, 0.1) is 0 Å². The van der Waals surface area contributed by atoms with Gasteiger partial charge in [-0.15, -0.1) is 8.78 Å². The molecule has 3 nitrogen and oxygen atoms in total. The van der Waals surface area contributed by atoms with Crippen LogP contribution in [0.5, 0.6) is 0 Å². The van der Waals surface area contributed by atoms with Crippen LogP contribution < -0.4 is 0 Å². The zero-order valence-corrected chi connectivity index (χ0v) is 14.1. The average molecular weight is 572 g/mol. The van der Waals surface area contributed by atoms with Gasteiger partial charge in [0, 0.05) is 0 Å². The minimum Gasteiger partial charge on any atom is -0.262 e. The summed E-state index contributed by atoms with van der Waals surface area (Å²) in [7, 11) is 0. The molecule has 0 aromatic heterocycles. The van der Waals surface area contributed by atoms with Crippen molar-refractivity contribution in [1.29, 1.82) is 0 Å². The summed E-state index contributed by atoms with van der Waals surface area (Å²) in [6, 6.07) is -8.49. The van der Waals surface area contributed by atoms with E-state index in [0.29, 0.717) is 0 Å². The van der Waals surface area contributed by atoms with Crippen LogP contribution in [0.3, 0.4) is 0 Å². The summed E-state index contributed by atoms with van der Waals surface area (Å²) < 4.78 is 278. The van der Waals surface area contributed by atoms with Gasteiger partial charge in [0.25, 0.3) is 0 Å². The normalized spacial score (nSPS) is 19.6. The molecule has 0 spiro atoms. The maximum absolute atomic E-state index is 13.6. The number of rotatable bonds is 8. The summed E-state index contributed by atoms with van der Waals surface area (Å²) >= 11 is 0. The van der Waals surface area contributed by atoms with Crippen LogP contribution in [0.25, 0.3) is 0 Å². The smallest absolute Gasteiger partial charge is 0.262 e. The molecule has 0 amide bonds. The molecule has 0 aliphatic carbocycles. The number of hydrogen-bond acceptors (Lipinski definition) is 2. The Labute approximate surface area is 167 Å². The first-order chi connectivity index (χ1) is 14.2. The van der Waals surface area contributed by atoms with E-state index in [1.807, 2.05) is 0 Å². The van der Waals surface area contributed by atoms with Crippen LogP contribution in [-0.2, 0) is 9.47 Å². The van der Waals surface area contributed by atoms with Crippen LogP contribution in [-0.4, -0.2) is 59.6 Å².